The molecule has 45 heavy (non-hydrogen) atoms. The number of imide groups is 3. The highest BCUT2D eigenvalue weighted by Crippen LogP contribution is 2.52. The summed E-state index contributed by atoms with van der Waals surface area (Å²) in [7, 11) is 6.49. The molecule has 1 aromatic heterocycles. The maximum Gasteiger partial charge on any atom is 0.261 e. The predicted molar refractivity (Wildman–Crippen MR) is 165 cm³/mol. The Labute approximate surface area is 261 Å². The van der Waals surface area contributed by atoms with Gasteiger partial charge in [0.2, 0.25) is 23.6 Å². The van der Waals surface area contributed by atoms with Crippen molar-refractivity contribution in [2.45, 2.75) is 33.1 Å². The fourth-order valence-electron chi connectivity index (χ4n) is 6.04. The second-order valence-electron chi connectivity index (χ2n) is 11.0. The van der Waals surface area contributed by atoms with Gasteiger partial charge >= 0.3 is 0 Å². The van der Waals surface area contributed by atoms with E-state index in [9.17, 15) is 28.8 Å². The number of aromatic nitrogens is 3. The van der Waals surface area contributed by atoms with E-state index in [1.54, 1.807) is 36.0 Å². The largest absolute Gasteiger partial charge is 0.286 e. The minimum absolute atomic E-state index is 0.0208. The van der Waals surface area contributed by atoms with E-state index in [0.29, 0.717) is 35.8 Å². The Morgan fingerprint density at radius 1 is 0.622 bits per heavy atom. The van der Waals surface area contributed by atoms with Crippen molar-refractivity contribution >= 4 is 46.5 Å². The third-order valence-electron chi connectivity index (χ3n) is 8.51. The summed E-state index contributed by atoms with van der Waals surface area (Å²) in [4.78, 5) is 70.5. The van der Waals surface area contributed by atoms with Crippen LogP contribution in [0.5, 0.6) is 0 Å². The van der Waals surface area contributed by atoms with Gasteiger partial charge < -0.3 is 0 Å². The molecule has 3 aliphatic heterocycles. The first kappa shape index (κ1) is 32.9. The monoisotopic (exact) mass is 614 g/mol. The topological polar surface area (TPSA) is 143 Å². The molecule has 3 aromatic rings. The Balaban J connectivity index is 0.000000136. The molecule has 4 heterocycles. The molecular weight excluding hydrogens is 576 g/mol. The van der Waals surface area contributed by atoms with Crippen LogP contribution in [0, 0.1) is 23.7 Å². The summed E-state index contributed by atoms with van der Waals surface area (Å²) in [6.07, 6.45) is 6.03. The second kappa shape index (κ2) is 13.7. The molecule has 1 saturated carbocycles. The van der Waals surface area contributed by atoms with Gasteiger partial charge in [0.15, 0.2) is 0 Å². The van der Waals surface area contributed by atoms with E-state index in [2.05, 4.69) is 22.5 Å². The highest BCUT2D eigenvalue weighted by molar-refractivity contribution is 6.21. The van der Waals surface area contributed by atoms with Crippen LogP contribution in [-0.4, -0.2) is 86.3 Å². The number of benzene rings is 2. The first-order chi connectivity index (χ1) is 21.5. The maximum atomic E-state index is 11.7. The molecule has 8 rings (SSSR count). The van der Waals surface area contributed by atoms with Gasteiger partial charge in [0.1, 0.15) is 5.52 Å². The number of aryl methyl sites for hydroxylation is 1. The first-order valence-corrected chi connectivity index (χ1v) is 15.0. The Kier molecular flexibility index (Phi) is 10.1. The molecule has 2 bridgehead atoms. The van der Waals surface area contributed by atoms with Crippen molar-refractivity contribution in [3.8, 4) is 0 Å². The summed E-state index contributed by atoms with van der Waals surface area (Å²) < 4.78 is 1.76. The Morgan fingerprint density at radius 3 is 1.53 bits per heavy atom. The number of carbonyl (C=O) groups is 6. The van der Waals surface area contributed by atoms with Gasteiger partial charge in [0, 0.05) is 41.0 Å². The van der Waals surface area contributed by atoms with Crippen molar-refractivity contribution in [3.63, 3.8) is 0 Å². The van der Waals surface area contributed by atoms with Crippen LogP contribution in [0.3, 0.4) is 0 Å². The summed E-state index contributed by atoms with van der Waals surface area (Å²) in [5.41, 5.74) is 3.03. The number of carbonyl (C=O) groups excluding carboxylic acids is 6. The number of fused-ring (bicyclic) bond motifs is 7. The van der Waals surface area contributed by atoms with Gasteiger partial charge in [-0.2, -0.15) is 0 Å². The van der Waals surface area contributed by atoms with E-state index in [4.69, 9.17) is 0 Å². The van der Waals surface area contributed by atoms with Gasteiger partial charge in [-0.05, 0) is 42.5 Å². The summed E-state index contributed by atoms with van der Waals surface area (Å²) in [5.74, 6) is 0.169. The van der Waals surface area contributed by atoms with E-state index in [0.717, 1.165) is 22.4 Å². The minimum atomic E-state index is -0.212. The van der Waals surface area contributed by atoms with E-state index >= 15 is 0 Å². The third-order valence-corrected chi connectivity index (χ3v) is 8.51. The normalized spacial score (nSPS) is 23.6. The zero-order valence-electron chi connectivity index (χ0n) is 26.3. The summed E-state index contributed by atoms with van der Waals surface area (Å²) in [5, 5.41) is 7.79. The molecule has 4 atom stereocenters. The molecule has 3 fully saturated rings. The fourth-order valence-corrected chi connectivity index (χ4v) is 6.04. The van der Waals surface area contributed by atoms with Crippen LogP contribution < -0.4 is 0 Å². The number of rotatable bonds is 0. The zero-order chi connectivity index (χ0) is 33.0. The van der Waals surface area contributed by atoms with Crippen LogP contribution in [0.2, 0.25) is 0 Å². The lowest BCUT2D eigenvalue weighted by atomic mass is 9.85. The number of hydrogen-bond acceptors (Lipinski definition) is 8. The standard InChI is InChI=1S/C10H11NO2.C9H7NO2.C7H7N3.C5H7NO2.C2H6/c1-11-9(12)7-5-2-3-6(4-5)8(7)10(11)13;1-10-8(11)6-4-2-3-5-7(6)9(10)12;1-10-7-5-3-2-4-6(7)8-9-10;1-6-4(7)2-3-5(6)8;1-2/h2-3,5-8H,4H2,1H3;2-5H,1H3;2-5H,1H3;2-3H2,1H3;1-2H3. The van der Waals surface area contributed by atoms with Crippen LogP contribution in [0.4, 0.5) is 0 Å². The molecular formula is C33H38N6O6. The van der Waals surface area contributed by atoms with Crippen molar-refractivity contribution in [2.24, 2.45) is 30.7 Å². The Morgan fingerprint density at radius 2 is 1.09 bits per heavy atom. The van der Waals surface area contributed by atoms with Gasteiger partial charge in [-0.1, -0.05) is 55.5 Å². The molecule has 5 aliphatic rings. The Hall–Kier alpha value is -5.00. The molecule has 0 spiro atoms. The number of nitrogens with zero attached hydrogens (tertiary/aromatic N) is 6. The quantitative estimate of drug-likeness (QED) is 0.278. The molecule has 0 N–H and O–H groups in total. The average Bonchev–Trinajstić information content (AvgIpc) is 3.92. The fraction of sp³-hybridized carbons (Fsp3) is 0.394. The summed E-state index contributed by atoms with van der Waals surface area (Å²) >= 11 is 0. The van der Waals surface area contributed by atoms with Crippen LogP contribution in [0.25, 0.3) is 11.0 Å². The van der Waals surface area contributed by atoms with Crippen LogP contribution in [0.1, 0.15) is 53.8 Å². The minimum Gasteiger partial charge on any atom is -0.286 e. The Bertz CT molecular complexity index is 1600. The van der Waals surface area contributed by atoms with Crippen LogP contribution >= 0.6 is 0 Å². The lowest BCUT2D eigenvalue weighted by molar-refractivity contribution is -0.139. The van der Waals surface area contributed by atoms with E-state index in [1.807, 2.05) is 45.2 Å². The SMILES string of the molecule is CC.CN1C(=O)C2C3C=CC(C3)C2C1=O.CN1C(=O)CCC1=O.CN1C(=O)c2ccccc2C1=O.Cn1nnc2ccccc21. The van der Waals surface area contributed by atoms with E-state index in [1.165, 1.54) is 23.9 Å². The zero-order valence-corrected chi connectivity index (χ0v) is 26.3. The lowest BCUT2D eigenvalue weighted by Gasteiger charge is -2.14. The number of hydrogen-bond donors (Lipinski definition) is 0. The van der Waals surface area contributed by atoms with Gasteiger partial charge in [-0.3, -0.25) is 43.5 Å². The van der Waals surface area contributed by atoms with Gasteiger partial charge in [0.25, 0.3) is 11.8 Å². The molecule has 12 heteroatoms. The average molecular weight is 615 g/mol. The van der Waals surface area contributed by atoms with Gasteiger partial charge in [0.05, 0.1) is 28.5 Å². The van der Waals surface area contributed by atoms with Crippen LogP contribution in [0.15, 0.2) is 60.7 Å². The highest BCUT2D eigenvalue weighted by Gasteiger charge is 2.58. The van der Waals surface area contributed by atoms with Crippen molar-refractivity contribution in [3.05, 3.63) is 71.8 Å². The second-order valence-corrected chi connectivity index (χ2v) is 11.0. The van der Waals surface area contributed by atoms with Crippen molar-refractivity contribution in [1.82, 2.24) is 29.7 Å². The van der Waals surface area contributed by atoms with Crippen molar-refractivity contribution < 1.29 is 28.8 Å². The van der Waals surface area contributed by atoms with E-state index < -0.39 is 0 Å². The summed E-state index contributed by atoms with van der Waals surface area (Å²) in [6.45, 7) is 4.00. The first-order valence-electron chi connectivity index (χ1n) is 15.0. The smallest absolute Gasteiger partial charge is 0.261 e. The molecule has 236 valence electrons. The van der Waals surface area contributed by atoms with Crippen molar-refractivity contribution in [2.75, 3.05) is 21.1 Å². The molecule has 4 unspecified atom stereocenters. The molecule has 2 saturated heterocycles. The molecule has 2 aromatic carbocycles. The molecule has 12 nitrogen and oxygen atoms in total. The number of allylic oxidation sites excluding steroid dienone is 2. The summed E-state index contributed by atoms with van der Waals surface area (Å²) in [6, 6.07) is 14.7. The number of amides is 6. The molecule has 2 aliphatic carbocycles. The highest BCUT2D eigenvalue weighted by atomic mass is 16.2. The number of likely N-dealkylation sites (tertiary alicyclic amines) is 2. The molecule has 0 radical (unpaired) electrons. The maximum absolute atomic E-state index is 11.7. The number of para-hydroxylation sites is 1. The third kappa shape index (κ3) is 6.31. The van der Waals surface area contributed by atoms with Gasteiger partial charge in [-0.25, -0.2) is 4.68 Å². The lowest BCUT2D eigenvalue weighted by Crippen LogP contribution is -2.28. The van der Waals surface area contributed by atoms with Crippen LogP contribution in [-0.2, 0) is 26.2 Å². The predicted octanol–water partition coefficient (Wildman–Crippen LogP) is 3.10. The van der Waals surface area contributed by atoms with Crippen molar-refractivity contribution in [1.29, 1.82) is 0 Å². The van der Waals surface area contributed by atoms with Gasteiger partial charge in [-0.15, -0.1) is 5.10 Å². The van der Waals surface area contributed by atoms with E-state index in [-0.39, 0.29) is 47.3 Å². The molecule has 6 amide bonds.